The summed E-state index contributed by atoms with van der Waals surface area (Å²) in [6.45, 7) is 1.76. The van der Waals surface area contributed by atoms with Crippen molar-refractivity contribution < 1.29 is 9.59 Å². The van der Waals surface area contributed by atoms with Gasteiger partial charge < -0.3 is 5.32 Å². The first kappa shape index (κ1) is 13.0. The van der Waals surface area contributed by atoms with Crippen LogP contribution >= 0.6 is 11.8 Å². The minimum absolute atomic E-state index is 0.229. The zero-order chi connectivity index (χ0) is 13.0. The van der Waals surface area contributed by atoms with Gasteiger partial charge in [-0.25, -0.2) is 4.79 Å². The number of hydrogen-bond acceptors (Lipinski definition) is 3. The largest absolute Gasteiger partial charge is 0.324 e. The van der Waals surface area contributed by atoms with Gasteiger partial charge in [0.25, 0.3) is 5.91 Å². The Morgan fingerprint density at radius 1 is 1.22 bits per heavy atom. The normalized spacial score (nSPS) is 22.7. The molecule has 4 nitrogen and oxygen atoms in total. The minimum Gasteiger partial charge on any atom is -0.324 e. The Morgan fingerprint density at radius 3 is 2.56 bits per heavy atom. The number of nitrogens with one attached hydrogen (secondary N) is 2. The molecule has 1 aromatic rings. The number of amides is 3. The Morgan fingerprint density at radius 2 is 1.94 bits per heavy atom. The molecule has 1 aromatic carbocycles. The molecule has 1 aliphatic rings. The van der Waals surface area contributed by atoms with Gasteiger partial charge in [0.15, 0.2) is 0 Å². The van der Waals surface area contributed by atoms with E-state index in [9.17, 15) is 9.59 Å². The van der Waals surface area contributed by atoms with Gasteiger partial charge in [-0.15, -0.1) is 0 Å². The van der Waals surface area contributed by atoms with E-state index in [-0.39, 0.29) is 5.91 Å². The summed E-state index contributed by atoms with van der Waals surface area (Å²) in [5.74, 6) is 1.53. The summed E-state index contributed by atoms with van der Waals surface area (Å²) < 4.78 is 0. The Hall–Kier alpha value is -1.49. The lowest BCUT2D eigenvalue weighted by atomic mass is 10.00. The third-order valence-electron chi connectivity index (χ3n) is 2.98. The van der Waals surface area contributed by atoms with E-state index in [1.807, 2.05) is 18.2 Å². The second-order valence-electron chi connectivity index (χ2n) is 4.53. The molecular weight excluding hydrogens is 248 g/mol. The van der Waals surface area contributed by atoms with Crippen LogP contribution in [0.1, 0.15) is 18.9 Å². The summed E-state index contributed by atoms with van der Waals surface area (Å²) in [6.07, 6.45) is 0.641. The highest BCUT2D eigenvalue weighted by Gasteiger charge is 2.41. The average molecular weight is 264 g/mol. The van der Waals surface area contributed by atoms with Crippen molar-refractivity contribution in [3.8, 4) is 0 Å². The van der Waals surface area contributed by atoms with Gasteiger partial charge >= 0.3 is 6.03 Å². The molecule has 1 atom stereocenters. The second-order valence-corrected chi connectivity index (χ2v) is 5.63. The van der Waals surface area contributed by atoms with Gasteiger partial charge in [-0.1, -0.05) is 30.3 Å². The van der Waals surface area contributed by atoms with Gasteiger partial charge in [0, 0.05) is 5.75 Å². The number of urea groups is 1. The molecule has 0 aromatic heterocycles. The average Bonchev–Trinajstić information content (AvgIpc) is 2.60. The van der Waals surface area contributed by atoms with Crippen LogP contribution in [-0.4, -0.2) is 23.2 Å². The highest BCUT2D eigenvalue weighted by molar-refractivity contribution is 7.98. The molecule has 1 saturated heterocycles. The first-order chi connectivity index (χ1) is 8.60. The highest BCUT2D eigenvalue weighted by atomic mass is 32.2. The maximum absolute atomic E-state index is 11.6. The molecule has 0 aliphatic carbocycles. The Balaban J connectivity index is 1.76. The predicted molar refractivity (Wildman–Crippen MR) is 72.3 cm³/mol. The summed E-state index contributed by atoms with van der Waals surface area (Å²) in [6, 6.07) is 9.80. The zero-order valence-corrected chi connectivity index (χ0v) is 11.0. The van der Waals surface area contributed by atoms with Gasteiger partial charge in [0.05, 0.1) is 0 Å². The van der Waals surface area contributed by atoms with Gasteiger partial charge in [-0.2, -0.15) is 11.8 Å². The summed E-state index contributed by atoms with van der Waals surface area (Å²) in [4.78, 5) is 22.6. The molecule has 0 unspecified atom stereocenters. The van der Waals surface area contributed by atoms with Gasteiger partial charge in [-0.3, -0.25) is 10.1 Å². The molecule has 3 amide bonds. The van der Waals surface area contributed by atoms with Crippen LogP contribution in [-0.2, 0) is 10.5 Å². The fourth-order valence-electron chi connectivity index (χ4n) is 1.80. The number of thioether (sulfide) groups is 1. The lowest BCUT2D eigenvalue weighted by molar-refractivity contribution is -0.123. The first-order valence-corrected chi connectivity index (χ1v) is 7.01. The monoisotopic (exact) mass is 264 g/mol. The fraction of sp³-hybridized carbons (Fsp3) is 0.385. The summed E-state index contributed by atoms with van der Waals surface area (Å²) in [5.41, 5.74) is 0.522. The highest BCUT2D eigenvalue weighted by Crippen LogP contribution is 2.20. The predicted octanol–water partition coefficient (Wildman–Crippen LogP) is 1.91. The molecule has 96 valence electrons. The molecule has 1 aliphatic heterocycles. The zero-order valence-electron chi connectivity index (χ0n) is 10.2. The van der Waals surface area contributed by atoms with Crippen molar-refractivity contribution in [2.24, 2.45) is 0 Å². The van der Waals surface area contributed by atoms with Crippen LogP contribution in [0.2, 0.25) is 0 Å². The number of rotatable bonds is 5. The van der Waals surface area contributed by atoms with Crippen LogP contribution in [0.15, 0.2) is 30.3 Å². The second kappa shape index (κ2) is 5.44. The van der Waals surface area contributed by atoms with Crippen molar-refractivity contribution in [1.82, 2.24) is 10.6 Å². The van der Waals surface area contributed by atoms with Crippen LogP contribution in [0.4, 0.5) is 4.79 Å². The van der Waals surface area contributed by atoms with Crippen LogP contribution in [0.3, 0.4) is 0 Å². The Kier molecular flexibility index (Phi) is 3.91. The Labute approximate surface area is 111 Å². The summed E-state index contributed by atoms with van der Waals surface area (Å²) >= 11 is 1.76. The number of carbonyl (C=O) groups excluding carboxylic acids is 2. The van der Waals surface area contributed by atoms with Crippen molar-refractivity contribution in [2.45, 2.75) is 24.6 Å². The molecule has 5 heteroatoms. The number of benzene rings is 1. The molecular formula is C13H16N2O2S. The Bertz CT molecular complexity index is 450. The molecule has 18 heavy (non-hydrogen) atoms. The van der Waals surface area contributed by atoms with E-state index in [1.54, 1.807) is 18.7 Å². The van der Waals surface area contributed by atoms with Crippen LogP contribution in [0.25, 0.3) is 0 Å². The molecule has 2 N–H and O–H groups in total. The van der Waals surface area contributed by atoms with Crippen LogP contribution in [0.5, 0.6) is 0 Å². The van der Waals surface area contributed by atoms with E-state index in [0.717, 1.165) is 11.5 Å². The number of hydrogen-bond donors (Lipinski definition) is 2. The van der Waals surface area contributed by atoms with E-state index in [4.69, 9.17) is 0 Å². The van der Waals surface area contributed by atoms with Gasteiger partial charge in [0.1, 0.15) is 5.54 Å². The van der Waals surface area contributed by atoms with Crippen molar-refractivity contribution in [3.63, 3.8) is 0 Å². The molecule has 0 saturated carbocycles. The van der Waals surface area contributed by atoms with E-state index in [2.05, 4.69) is 22.8 Å². The van der Waals surface area contributed by atoms with E-state index in [0.29, 0.717) is 6.42 Å². The van der Waals surface area contributed by atoms with E-state index in [1.165, 1.54) is 5.56 Å². The standard InChI is InChI=1S/C13H16N2O2S/c1-13(11(16)14-12(17)15-13)7-8-18-9-10-5-3-2-4-6-10/h2-6H,7-9H2,1H3,(H2,14,15,16,17)/t13-/m1/s1. The third kappa shape index (κ3) is 3.04. The fourth-order valence-corrected chi connectivity index (χ4v) is 2.92. The molecule has 0 radical (unpaired) electrons. The third-order valence-corrected chi connectivity index (χ3v) is 4.01. The first-order valence-electron chi connectivity index (χ1n) is 5.85. The van der Waals surface area contributed by atoms with E-state index >= 15 is 0 Å². The maximum atomic E-state index is 11.6. The number of imide groups is 1. The van der Waals surface area contributed by atoms with Crippen molar-refractivity contribution in [2.75, 3.05) is 5.75 Å². The van der Waals surface area contributed by atoms with Crippen LogP contribution in [0, 0.1) is 0 Å². The lowest BCUT2D eigenvalue weighted by Gasteiger charge is -2.19. The van der Waals surface area contributed by atoms with Gasteiger partial charge in [0.2, 0.25) is 0 Å². The van der Waals surface area contributed by atoms with Crippen molar-refractivity contribution in [3.05, 3.63) is 35.9 Å². The SMILES string of the molecule is C[C@]1(CCSCc2ccccc2)NC(=O)NC1=O. The van der Waals surface area contributed by atoms with Crippen molar-refractivity contribution >= 4 is 23.7 Å². The summed E-state index contributed by atoms with van der Waals surface area (Å²) in [7, 11) is 0. The quantitative estimate of drug-likeness (QED) is 0.631. The maximum Gasteiger partial charge on any atom is 0.322 e. The van der Waals surface area contributed by atoms with E-state index < -0.39 is 11.6 Å². The molecule has 2 rings (SSSR count). The van der Waals surface area contributed by atoms with Crippen LogP contribution < -0.4 is 10.6 Å². The van der Waals surface area contributed by atoms with Gasteiger partial charge in [-0.05, 0) is 24.7 Å². The van der Waals surface area contributed by atoms with Crippen molar-refractivity contribution in [1.29, 1.82) is 0 Å². The molecule has 1 heterocycles. The lowest BCUT2D eigenvalue weighted by Crippen LogP contribution is -2.44. The number of carbonyl (C=O) groups is 2. The summed E-state index contributed by atoms with van der Waals surface area (Å²) in [5, 5.41) is 4.93. The molecule has 1 fully saturated rings. The molecule has 0 bridgehead atoms. The minimum atomic E-state index is -0.749. The smallest absolute Gasteiger partial charge is 0.322 e. The molecule has 0 spiro atoms. The topological polar surface area (TPSA) is 58.2 Å².